The van der Waals surface area contributed by atoms with Crippen molar-refractivity contribution < 1.29 is 14.6 Å². The SMILES string of the molecule is Cc1ccc(C(O)(OC=O)c2ccc(C)cc2)cc1. The van der Waals surface area contributed by atoms with Crippen LogP contribution in [0.2, 0.25) is 0 Å². The van der Waals surface area contributed by atoms with Crippen molar-refractivity contribution in [2.75, 3.05) is 0 Å². The molecule has 0 heterocycles. The molecule has 98 valence electrons. The maximum absolute atomic E-state index is 10.7. The molecule has 2 rings (SSSR count). The van der Waals surface area contributed by atoms with Gasteiger partial charge in [-0.25, -0.2) is 0 Å². The molecule has 0 spiro atoms. The Hall–Kier alpha value is -2.13. The summed E-state index contributed by atoms with van der Waals surface area (Å²) in [4.78, 5) is 10.7. The van der Waals surface area contributed by atoms with Crippen LogP contribution in [0.5, 0.6) is 0 Å². The van der Waals surface area contributed by atoms with Crippen molar-refractivity contribution in [3.05, 3.63) is 70.8 Å². The highest BCUT2D eigenvalue weighted by Gasteiger charge is 2.33. The standard InChI is InChI=1S/C16H16O3/c1-12-3-7-14(8-4-12)16(18,19-11-17)15-9-5-13(2)6-10-15/h3-11,18H,1-2H3. The van der Waals surface area contributed by atoms with Crippen LogP contribution >= 0.6 is 0 Å². The van der Waals surface area contributed by atoms with Gasteiger partial charge < -0.3 is 9.84 Å². The average molecular weight is 256 g/mol. The Balaban J connectivity index is 2.50. The van der Waals surface area contributed by atoms with Crippen molar-refractivity contribution in [2.24, 2.45) is 0 Å². The van der Waals surface area contributed by atoms with Crippen molar-refractivity contribution in [3.63, 3.8) is 0 Å². The molecule has 0 amide bonds. The van der Waals surface area contributed by atoms with E-state index in [0.717, 1.165) is 11.1 Å². The summed E-state index contributed by atoms with van der Waals surface area (Å²) in [5.41, 5.74) is 3.19. The molecule has 2 aromatic rings. The van der Waals surface area contributed by atoms with Gasteiger partial charge in [0.05, 0.1) is 0 Å². The molecule has 0 atom stereocenters. The van der Waals surface area contributed by atoms with E-state index in [-0.39, 0.29) is 6.47 Å². The first kappa shape index (κ1) is 13.3. The van der Waals surface area contributed by atoms with E-state index < -0.39 is 5.79 Å². The molecule has 2 aromatic carbocycles. The van der Waals surface area contributed by atoms with E-state index in [2.05, 4.69) is 0 Å². The van der Waals surface area contributed by atoms with Gasteiger partial charge in [-0.1, -0.05) is 59.7 Å². The Morgan fingerprint density at radius 1 is 0.895 bits per heavy atom. The molecular weight excluding hydrogens is 240 g/mol. The Morgan fingerprint density at radius 2 is 1.26 bits per heavy atom. The molecule has 0 fully saturated rings. The molecule has 1 N–H and O–H groups in total. The van der Waals surface area contributed by atoms with E-state index in [1.807, 2.05) is 38.1 Å². The summed E-state index contributed by atoms with van der Waals surface area (Å²) in [5, 5.41) is 10.7. The van der Waals surface area contributed by atoms with Gasteiger partial charge >= 0.3 is 0 Å². The second kappa shape index (κ2) is 5.24. The minimum atomic E-state index is -1.75. The number of rotatable bonds is 4. The van der Waals surface area contributed by atoms with Crippen LogP contribution in [0.25, 0.3) is 0 Å². The van der Waals surface area contributed by atoms with Crippen molar-refractivity contribution in [2.45, 2.75) is 19.6 Å². The van der Waals surface area contributed by atoms with E-state index in [0.29, 0.717) is 11.1 Å². The summed E-state index contributed by atoms with van der Waals surface area (Å²) in [5.74, 6) is -1.75. The van der Waals surface area contributed by atoms with Crippen molar-refractivity contribution in [3.8, 4) is 0 Å². The molecule has 19 heavy (non-hydrogen) atoms. The predicted octanol–water partition coefficient (Wildman–Crippen LogP) is 2.67. The molecular formula is C16H16O3. The summed E-state index contributed by atoms with van der Waals surface area (Å²) >= 11 is 0. The zero-order valence-corrected chi connectivity index (χ0v) is 11.0. The smallest absolute Gasteiger partial charge is 0.296 e. The van der Waals surface area contributed by atoms with E-state index in [4.69, 9.17) is 4.74 Å². The number of carbonyl (C=O) groups is 1. The normalized spacial score (nSPS) is 11.1. The van der Waals surface area contributed by atoms with Gasteiger partial charge in [-0.2, -0.15) is 0 Å². The van der Waals surface area contributed by atoms with E-state index in [1.54, 1.807) is 24.3 Å². The molecule has 0 radical (unpaired) electrons. The number of hydrogen-bond acceptors (Lipinski definition) is 3. The van der Waals surface area contributed by atoms with Gasteiger partial charge in [0.1, 0.15) is 0 Å². The van der Waals surface area contributed by atoms with Crippen LogP contribution in [0.15, 0.2) is 48.5 Å². The zero-order chi connectivity index (χ0) is 13.9. The fourth-order valence-corrected chi connectivity index (χ4v) is 1.93. The molecule has 0 aromatic heterocycles. The molecule has 0 aliphatic carbocycles. The summed E-state index contributed by atoms with van der Waals surface area (Å²) in [6, 6.07) is 14.4. The second-order valence-electron chi connectivity index (χ2n) is 4.59. The van der Waals surface area contributed by atoms with Crippen LogP contribution in [0.3, 0.4) is 0 Å². The lowest BCUT2D eigenvalue weighted by Gasteiger charge is -2.27. The second-order valence-corrected chi connectivity index (χ2v) is 4.59. The topological polar surface area (TPSA) is 46.5 Å². The molecule has 0 unspecified atom stereocenters. The number of ether oxygens (including phenoxy) is 1. The van der Waals surface area contributed by atoms with Crippen LogP contribution in [-0.2, 0) is 15.3 Å². The van der Waals surface area contributed by atoms with E-state index in [9.17, 15) is 9.90 Å². The lowest BCUT2D eigenvalue weighted by molar-refractivity contribution is -0.182. The van der Waals surface area contributed by atoms with Gasteiger partial charge in [0, 0.05) is 11.1 Å². The molecule has 3 nitrogen and oxygen atoms in total. The molecule has 0 saturated heterocycles. The van der Waals surface area contributed by atoms with Gasteiger partial charge in [0.2, 0.25) is 0 Å². The first-order chi connectivity index (χ1) is 9.06. The summed E-state index contributed by atoms with van der Waals surface area (Å²) in [6.45, 7) is 4.17. The lowest BCUT2D eigenvalue weighted by Crippen LogP contribution is -2.30. The Morgan fingerprint density at radius 3 is 1.58 bits per heavy atom. The van der Waals surface area contributed by atoms with Gasteiger partial charge in [0.25, 0.3) is 12.3 Å². The fraction of sp³-hybridized carbons (Fsp3) is 0.188. The molecule has 0 bridgehead atoms. The van der Waals surface area contributed by atoms with Crippen LogP contribution in [0, 0.1) is 13.8 Å². The number of aliphatic hydroxyl groups is 1. The minimum absolute atomic E-state index is 0.264. The third kappa shape index (κ3) is 2.66. The monoisotopic (exact) mass is 256 g/mol. The van der Waals surface area contributed by atoms with E-state index >= 15 is 0 Å². The number of carbonyl (C=O) groups excluding carboxylic acids is 1. The quantitative estimate of drug-likeness (QED) is 0.675. The lowest BCUT2D eigenvalue weighted by atomic mass is 9.96. The van der Waals surface area contributed by atoms with Crippen LogP contribution in [-0.4, -0.2) is 11.6 Å². The summed E-state index contributed by atoms with van der Waals surface area (Å²) < 4.78 is 4.96. The Bertz CT molecular complexity index is 510. The van der Waals surface area contributed by atoms with Gasteiger partial charge in [-0.15, -0.1) is 0 Å². The van der Waals surface area contributed by atoms with Crippen LogP contribution in [0.1, 0.15) is 22.3 Å². The third-order valence-electron chi connectivity index (χ3n) is 3.10. The average Bonchev–Trinajstić information content (AvgIpc) is 2.40. The molecule has 0 saturated carbocycles. The third-order valence-corrected chi connectivity index (χ3v) is 3.10. The first-order valence-corrected chi connectivity index (χ1v) is 6.04. The Kier molecular flexibility index (Phi) is 3.67. The molecule has 3 heteroatoms. The largest absolute Gasteiger partial charge is 0.426 e. The summed E-state index contributed by atoms with van der Waals surface area (Å²) in [6.07, 6.45) is 0. The van der Waals surface area contributed by atoms with E-state index in [1.165, 1.54) is 0 Å². The van der Waals surface area contributed by atoms with Crippen molar-refractivity contribution in [1.29, 1.82) is 0 Å². The number of benzene rings is 2. The highest BCUT2D eigenvalue weighted by Crippen LogP contribution is 2.30. The highest BCUT2D eigenvalue weighted by molar-refractivity contribution is 5.44. The van der Waals surface area contributed by atoms with Crippen molar-refractivity contribution >= 4 is 6.47 Å². The fourth-order valence-electron chi connectivity index (χ4n) is 1.93. The predicted molar refractivity (Wildman–Crippen MR) is 72.5 cm³/mol. The van der Waals surface area contributed by atoms with Crippen LogP contribution < -0.4 is 0 Å². The first-order valence-electron chi connectivity index (χ1n) is 6.04. The maximum Gasteiger partial charge on any atom is 0.296 e. The minimum Gasteiger partial charge on any atom is -0.426 e. The molecule has 0 aliphatic rings. The number of aryl methyl sites for hydroxylation is 2. The van der Waals surface area contributed by atoms with Crippen LogP contribution in [0.4, 0.5) is 0 Å². The highest BCUT2D eigenvalue weighted by atomic mass is 16.6. The maximum atomic E-state index is 10.7. The van der Waals surface area contributed by atoms with Gasteiger partial charge in [0.15, 0.2) is 0 Å². The Labute approximate surface area is 112 Å². The van der Waals surface area contributed by atoms with Gasteiger partial charge in [-0.05, 0) is 13.8 Å². The van der Waals surface area contributed by atoms with Crippen molar-refractivity contribution in [1.82, 2.24) is 0 Å². The zero-order valence-electron chi connectivity index (χ0n) is 11.0. The summed E-state index contributed by atoms with van der Waals surface area (Å²) in [7, 11) is 0. The molecule has 0 aliphatic heterocycles. The van der Waals surface area contributed by atoms with Gasteiger partial charge in [-0.3, -0.25) is 4.79 Å². The number of hydrogen-bond donors (Lipinski definition) is 1.